The van der Waals surface area contributed by atoms with E-state index in [9.17, 15) is 0 Å². The first-order chi connectivity index (χ1) is 8.04. The Labute approximate surface area is 108 Å². The Morgan fingerprint density at radius 2 is 2.18 bits per heavy atom. The molecule has 0 aliphatic heterocycles. The fourth-order valence-corrected chi connectivity index (χ4v) is 1.77. The summed E-state index contributed by atoms with van der Waals surface area (Å²) in [5.41, 5.74) is 7.65. The van der Waals surface area contributed by atoms with Gasteiger partial charge in [-0.15, -0.1) is 0 Å². The fraction of sp³-hybridized carbons (Fsp3) is 0.538. The molecule has 1 aromatic rings. The third-order valence-electron chi connectivity index (χ3n) is 2.63. The lowest BCUT2D eigenvalue weighted by atomic mass is 10.2. The number of anilines is 1. The lowest BCUT2D eigenvalue weighted by molar-refractivity contribution is 0.416. The normalized spacial score (nSPS) is 12.3. The molecule has 4 heteroatoms. The zero-order valence-corrected chi connectivity index (χ0v) is 11.5. The van der Waals surface area contributed by atoms with E-state index in [2.05, 4.69) is 5.32 Å². The van der Waals surface area contributed by atoms with Crippen LogP contribution >= 0.6 is 11.6 Å². The quantitative estimate of drug-likeness (QED) is 0.769. The highest BCUT2D eigenvalue weighted by atomic mass is 35.5. The van der Waals surface area contributed by atoms with Crippen molar-refractivity contribution in [1.82, 2.24) is 0 Å². The molecule has 96 valence electrons. The Bertz CT molecular complexity index is 367. The fourth-order valence-electron chi connectivity index (χ4n) is 1.61. The number of hydrogen-bond donors (Lipinski definition) is 2. The Morgan fingerprint density at radius 1 is 1.47 bits per heavy atom. The molecule has 1 rings (SSSR count). The van der Waals surface area contributed by atoms with Gasteiger partial charge in [-0.1, -0.05) is 11.6 Å². The topological polar surface area (TPSA) is 47.3 Å². The molecule has 0 aliphatic carbocycles. The number of halogens is 1. The van der Waals surface area contributed by atoms with Gasteiger partial charge in [0.05, 0.1) is 12.8 Å². The van der Waals surface area contributed by atoms with Gasteiger partial charge in [0.1, 0.15) is 5.75 Å². The van der Waals surface area contributed by atoms with Crippen LogP contribution in [0.2, 0.25) is 5.02 Å². The molecule has 0 aromatic heterocycles. The van der Waals surface area contributed by atoms with E-state index in [1.165, 1.54) is 0 Å². The van der Waals surface area contributed by atoms with Crippen molar-refractivity contribution >= 4 is 17.3 Å². The maximum Gasteiger partial charge on any atom is 0.142 e. The highest BCUT2D eigenvalue weighted by molar-refractivity contribution is 6.31. The summed E-state index contributed by atoms with van der Waals surface area (Å²) in [6.07, 6.45) is 2.04. The van der Waals surface area contributed by atoms with Crippen molar-refractivity contribution in [3.05, 3.63) is 22.7 Å². The SMILES string of the molecule is COc1cc(C)c(Cl)cc1NCCCC(C)N. The number of aryl methyl sites for hydroxylation is 1. The zero-order valence-electron chi connectivity index (χ0n) is 10.7. The van der Waals surface area contributed by atoms with Crippen molar-refractivity contribution in [2.75, 3.05) is 19.0 Å². The van der Waals surface area contributed by atoms with Crippen molar-refractivity contribution in [2.45, 2.75) is 32.7 Å². The number of rotatable bonds is 6. The van der Waals surface area contributed by atoms with Crippen LogP contribution in [0.4, 0.5) is 5.69 Å². The molecule has 17 heavy (non-hydrogen) atoms. The smallest absolute Gasteiger partial charge is 0.142 e. The molecule has 0 spiro atoms. The van der Waals surface area contributed by atoms with Crippen LogP contribution in [0.5, 0.6) is 5.75 Å². The summed E-state index contributed by atoms with van der Waals surface area (Å²) < 4.78 is 5.31. The largest absolute Gasteiger partial charge is 0.495 e. The van der Waals surface area contributed by atoms with Crippen LogP contribution in [-0.4, -0.2) is 19.7 Å². The van der Waals surface area contributed by atoms with Crippen molar-refractivity contribution in [1.29, 1.82) is 0 Å². The van der Waals surface area contributed by atoms with Crippen molar-refractivity contribution in [3.8, 4) is 5.75 Å². The van der Waals surface area contributed by atoms with Crippen LogP contribution in [-0.2, 0) is 0 Å². The standard InChI is InChI=1S/C13H21ClN2O/c1-9-7-13(17-3)12(8-11(9)14)16-6-4-5-10(2)15/h7-8,10,16H,4-6,15H2,1-3H3. The molecule has 0 heterocycles. The average molecular weight is 257 g/mol. The average Bonchev–Trinajstić information content (AvgIpc) is 2.28. The first-order valence-corrected chi connectivity index (χ1v) is 6.26. The molecular weight excluding hydrogens is 236 g/mol. The van der Waals surface area contributed by atoms with Gasteiger partial charge in [0.25, 0.3) is 0 Å². The predicted molar refractivity (Wildman–Crippen MR) is 74.1 cm³/mol. The van der Waals surface area contributed by atoms with Crippen LogP contribution in [0.15, 0.2) is 12.1 Å². The minimum absolute atomic E-state index is 0.250. The number of benzene rings is 1. The number of nitrogens with two attached hydrogens (primary N) is 1. The molecule has 1 unspecified atom stereocenters. The van der Waals surface area contributed by atoms with E-state index in [-0.39, 0.29) is 6.04 Å². The minimum atomic E-state index is 0.250. The Morgan fingerprint density at radius 3 is 2.76 bits per heavy atom. The maximum atomic E-state index is 6.09. The van der Waals surface area contributed by atoms with Crippen molar-refractivity contribution in [2.24, 2.45) is 5.73 Å². The summed E-state index contributed by atoms with van der Waals surface area (Å²) >= 11 is 6.09. The highest BCUT2D eigenvalue weighted by Crippen LogP contribution is 2.30. The van der Waals surface area contributed by atoms with E-state index < -0.39 is 0 Å². The van der Waals surface area contributed by atoms with E-state index in [4.69, 9.17) is 22.1 Å². The lowest BCUT2D eigenvalue weighted by Gasteiger charge is -2.13. The van der Waals surface area contributed by atoms with Crippen molar-refractivity contribution in [3.63, 3.8) is 0 Å². The van der Waals surface area contributed by atoms with E-state index in [1.54, 1.807) is 7.11 Å². The second-order valence-corrected chi connectivity index (χ2v) is 4.76. The number of methoxy groups -OCH3 is 1. The molecule has 0 saturated heterocycles. The summed E-state index contributed by atoms with van der Waals surface area (Å²) in [5, 5.41) is 4.07. The first-order valence-electron chi connectivity index (χ1n) is 5.88. The molecule has 0 fully saturated rings. The molecule has 0 radical (unpaired) electrons. The first kappa shape index (κ1) is 14.1. The summed E-state index contributed by atoms with van der Waals surface area (Å²) in [7, 11) is 1.66. The molecular formula is C13H21ClN2O. The van der Waals surface area contributed by atoms with Gasteiger partial charge >= 0.3 is 0 Å². The van der Waals surface area contributed by atoms with Gasteiger partial charge in [-0.25, -0.2) is 0 Å². The van der Waals surface area contributed by atoms with Gasteiger partial charge in [0.2, 0.25) is 0 Å². The second kappa shape index (κ2) is 6.72. The second-order valence-electron chi connectivity index (χ2n) is 4.35. The van der Waals surface area contributed by atoms with E-state index in [0.717, 1.165) is 41.4 Å². The minimum Gasteiger partial charge on any atom is -0.495 e. The third kappa shape index (κ3) is 4.44. The van der Waals surface area contributed by atoms with E-state index in [0.29, 0.717) is 0 Å². The number of hydrogen-bond acceptors (Lipinski definition) is 3. The summed E-state index contributed by atoms with van der Waals surface area (Å²) in [6.45, 7) is 4.85. The zero-order chi connectivity index (χ0) is 12.8. The number of nitrogens with one attached hydrogen (secondary N) is 1. The molecule has 0 saturated carbocycles. The summed E-state index contributed by atoms with van der Waals surface area (Å²) in [5.74, 6) is 0.827. The summed E-state index contributed by atoms with van der Waals surface area (Å²) in [6, 6.07) is 4.10. The van der Waals surface area contributed by atoms with Crippen LogP contribution in [0, 0.1) is 6.92 Å². The van der Waals surface area contributed by atoms with Gasteiger partial charge in [0.15, 0.2) is 0 Å². The molecule has 1 atom stereocenters. The molecule has 0 bridgehead atoms. The lowest BCUT2D eigenvalue weighted by Crippen LogP contribution is -2.16. The van der Waals surface area contributed by atoms with E-state index in [1.807, 2.05) is 26.0 Å². The van der Waals surface area contributed by atoms with E-state index >= 15 is 0 Å². The monoisotopic (exact) mass is 256 g/mol. The van der Waals surface area contributed by atoms with Gasteiger partial charge in [-0.2, -0.15) is 0 Å². The van der Waals surface area contributed by atoms with Crippen molar-refractivity contribution < 1.29 is 4.74 Å². The third-order valence-corrected chi connectivity index (χ3v) is 3.04. The van der Waals surface area contributed by atoms with Gasteiger partial charge in [0, 0.05) is 17.6 Å². The van der Waals surface area contributed by atoms with Crippen LogP contribution in [0.3, 0.4) is 0 Å². The molecule has 3 N–H and O–H groups in total. The molecule has 3 nitrogen and oxygen atoms in total. The molecule has 0 aliphatic rings. The van der Waals surface area contributed by atoms with Gasteiger partial charge < -0.3 is 15.8 Å². The Kier molecular flexibility index (Phi) is 5.59. The van der Waals surface area contributed by atoms with Gasteiger partial charge in [-0.05, 0) is 44.4 Å². The van der Waals surface area contributed by atoms with Crippen LogP contribution < -0.4 is 15.8 Å². The Hall–Kier alpha value is -0.930. The maximum absolute atomic E-state index is 6.09. The Balaban J connectivity index is 2.60. The number of ether oxygens (including phenoxy) is 1. The van der Waals surface area contributed by atoms with Crippen LogP contribution in [0.1, 0.15) is 25.3 Å². The molecule has 1 aromatic carbocycles. The van der Waals surface area contributed by atoms with Gasteiger partial charge in [-0.3, -0.25) is 0 Å². The highest BCUT2D eigenvalue weighted by Gasteiger charge is 2.06. The summed E-state index contributed by atoms with van der Waals surface area (Å²) in [4.78, 5) is 0. The predicted octanol–water partition coefficient (Wildman–Crippen LogP) is 3.20. The van der Waals surface area contributed by atoms with Crippen LogP contribution in [0.25, 0.3) is 0 Å². The molecule has 0 amide bonds.